The van der Waals surface area contributed by atoms with Crippen LogP contribution < -0.4 is 5.32 Å². The summed E-state index contributed by atoms with van der Waals surface area (Å²) in [6.07, 6.45) is 10.9. The Hall–Kier alpha value is -0.570. The number of carboxylic acid groups (broad SMARTS) is 1. The molecule has 2 rings (SSSR count). The van der Waals surface area contributed by atoms with E-state index in [0.29, 0.717) is 11.5 Å². The zero-order chi connectivity index (χ0) is 13.9. The number of rotatable bonds is 3. The van der Waals surface area contributed by atoms with E-state index in [9.17, 15) is 9.90 Å². The quantitative estimate of drug-likeness (QED) is 0.766. The Balaban J connectivity index is 2.06. The maximum Gasteiger partial charge on any atom is 0.323 e. The van der Waals surface area contributed by atoms with E-state index < -0.39 is 11.5 Å². The Kier molecular flexibility index (Phi) is 4.54. The summed E-state index contributed by atoms with van der Waals surface area (Å²) in [5.74, 6) is -0.629. The van der Waals surface area contributed by atoms with Gasteiger partial charge in [-0.05, 0) is 43.9 Å². The second-order valence-corrected chi connectivity index (χ2v) is 7.38. The molecule has 2 aliphatic rings. The highest BCUT2D eigenvalue weighted by atomic mass is 16.4. The van der Waals surface area contributed by atoms with Gasteiger partial charge in [-0.15, -0.1) is 0 Å². The van der Waals surface area contributed by atoms with Crippen molar-refractivity contribution < 1.29 is 9.90 Å². The predicted molar refractivity (Wildman–Crippen MR) is 77.2 cm³/mol. The average molecular weight is 267 g/mol. The molecule has 2 aliphatic carbocycles. The molecular weight excluding hydrogens is 238 g/mol. The van der Waals surface area contributed by atoms with E-state index >= 15 is 0 Å². The van der Waals surface area contributed by atoms with Crippen molar-refractivity contribution >= 4 is 5.97 Å². The van der Waals surface area contributed by atoms with Crippen LogP contribution in [0.5, 0.6) is 0 Å². The summed E-state index contributed by atoms with van der Waals surface area (Å²) < 4.78 is 0. The van der Waals surface area contributed by atoms with Crippen LogP contribution in [0.15, 0.2) is 0 Å². The molecule has 1 atom stereocenters. The van der Waals surface area contributed by atoms with Crippen LogP contribution in [0.1, 0.15) is 78.1 Å². The van der Waals surface area contributed by atoms with Crippen LogP contribution in [0.4, 0.5) is 0 Å². The molecule has 3 heteroatoms. The van der Waals surface area contributed by atoms with Crippen molar-refractivity contribution in [3.05, 3.63) is 0 Å². The van der Waals surface area contributed by atoms with Crippen molar-refractivity contribution in [2.45, 2.75) is 89.6 Å². The molecule has 0 amide bonds. The molecule has 1 unspecified atom stereocenters. The largest absolute Gasteiger partial charge is 0.480 e. The van der Waals surface area contributed by atoms with Gasteiger partial charge in [-0.25, -0.2) is 0 Å². The first-order chi connectivity index (χ1) is 8.94. The second kappa shape index (κ2) is 5.82. The average Bonchev–Trinajstić information content (AvgIpc) is 2.51. The number of nitrogens with one attached hydrogen (secondary N) is 1. The molecule has 0 saturated heterocycles. The van der Waals surface area contributed by atoms with Gasteiger partial charge in [-0.1, -0.05) is 39.5 Å². The summed E-state index contributed by atoms with van der Waals surface area (Å²) in [6, 6.07) is 0.422. The lowest BCUT2D eigenvalue weighted by molar-refractivity contribution is -0.146. The molecule has 0 aliphatic heterocycles. The van der Waals surface area contributed by atoms with E-state index in [-0.39, 0.29) is 0 Å². The second-order valence-electron chi connectivity index (χ2n) is 7.38. The minimum Gasteiger partial charge on any atom is -0.480 e. The normalized spacial score (nSPS) is 32.7. The highest BCUT2D eigenvalue weighted by molar-refractivity contribution is 5.78. The molecule has 2 fully saturated rings. The Morgan fingerprint density at radius 2 is 1.68 bits per heavy atom. The zero-order valence-corrected chi connectivity index (χ0v) is 12.5. The van der Waals surface area contributed by atoms with Crippen molar-refractivity contribution in [3.63, 3.8) is 0 Å². The van der Waals surface area contributed by atoms with Crippen LogP contribution in [0.2, 0.25) is 0 Å². The fourth-order valence-corrected chi connectivity index (χ4v) is 3.73. The Morgan fingerprint density at radius 3 is 2.32 bits per heavy atom. The third-order valence-corrected chi connectivity index (χ3v) is 5.18. The first-order valence-corrected chi connectivity index (χ1v) is 7.95. The van der Waals surface area contributed by atoms with Gasteiger partial charge in [0.15, 0.2) is 0 Å². The van der Waals surface area contributed by atoms with E-state index in [1.165, 1.54) is 19.3 Å². The molecule has 0 spiro atoms. The van der Waals surface area contributed by atoms with Gasteiger partial charge < -0.3 is 5.11 Å². The van der Waals surface area contributed by atoms with Crippen LogP contribution in [0.3, 0.4) is 0 Å². The molecule has 110 valence electrons. The highest BCUT2D eigenvalue weighted by Gasteiger charge is 2.42. The summed E-state index contributed by atoms with van der Waals surface area (Å²) >= 11 is 0. The molecule has 2 saturated carbocycles. The van der Waals surface area contributed by atoms with Crippen molar-refractivity contribution in [1.82, 2.24) is 5.32 Å². The first kappa shape index (κ1) is 14.8. The molecule has 0 aromatic carbocycles. The van der Waals surface area contributed by atoms with Crippen molar-refractivity contribution in [3.8, 4) is 0 Å². The lowest BCUT2D eigenvalue weighted by Gasteiger charge is -2.36. The number of hydrogen-bond donors (Lipinski definition) is 2. The van der Waals surface area contributed by atoms with Crippen LogP contribution in [-0.4, -0.2) is 22.7 Å². The summed E-state index contributed by atoms with van der Waals surface area (Å²) in [7, 11) is 0. The van der Waals surface area contributed by atoms with Gasteiger partial charge in [-0.3, -0.25) is 10.1 Å². The third kappa shape index (κ3) is 3.71. The van der Waals surface area contributed by atoms with Crippen molar-refractivity contribution in [1.29, 1.82) is 0 Å². The smallest absolute Gasteiger partial charge is 0.323 e. The number of aliphatic carboxylic acids is 1. The van der Waals surface area contributed by atoms with Crippen LogP contribution in [0, 0.1) is 5.41 Å². The van der Waals surface area contributed by atoms with Gasteiger partial charge >= 0.3 is 5.97 Å². The van der Waals surface area contributed by atoms with Crippen LogP contribution in [0.25, 0.3) is 0 Å². The molecule has 0 radical (unpaired) electrons. The van der Waals surface area contributed by atoms with Crippen LogP contribution in [-0.2, 0) is 4.79 Å². The lowest BCUT2D eigenvalue weighted by atomic mass is 9.82. The number of carbonyl (C=O) groups is 1. The monoisotopic (exact) mass is 267 g/mol. The van der Waals surface area contributed by atoms with E-state index in [1.807, 2.05) is 0 Å². The maximum absolute atomic E-state index is 11.9. The van der Waals surface area contributed by atoms with Crippen molar-refractivity contribution in [2.24, 2.45) is 5.41 Å². The van der Waals surface area contributed by atoms with Gasteiger partial charge in [0.25, 0.3) is 0 Å². The SMILES string of the molecule is CC1(C)CCCC(NC2CCCCC2)(C(=O)O)CC1. The molecule has 3 nitrogen and oxygen atoms in total. The maximum atomic E-state index is 11.9. The van der Waals surface area contributed by atoms with Gasteiger partial charge in [0.05, 0.1) is 0 Å². The fourth-order valence-electron chi connectivity index (χ4n) is 3.73. The topological polar surface area (TPSA) is 49.3 Å². The minimum absolute atomic E-state index is 0.297. The Bertz CT molecular complexity index is 321. The van der Waals surface area contributed by atoms with E-state index in [4.69, 9.17) is 0 Å². The van der Waals surface area contributed by atoms with Gasteiger partial charge in [-0.2, -0.15) is 0 Å². The van der Waals surface area contributed by atoms with Crippen molar-refractivity contribution in [2.75, 3.05) is 0 Å². The zero-order valence-electron chi connectivity index (χ0n) is 12.5. The first-order valence-electron chi connectivity index (χ1n) is 7.95. The summed E-state index contributed by atoms with van der Waals surface area (Å²) in [4.78, 5) is 11.9. The molecule has 2 N–H and O–H groups in total. The summed E-state index contributed by atoms with van der Waals surface area (Å²) in [5, 5.41) is 13.3. The third-order valence-electron chi connectivity index (χ3n) is 5.18. The number of hydrogen-bond acceptors (Lipinski definition) is 2. The molecule has 0 heterocycles. The molecule has 0 aromatic heterocycles. The molecular formula is C16H29NO2. The minimum atomic E-state index is -0.657. The lowest BCUT2D eigenvalue weighted by Crippen LogP contribution is -2.56. The predicted octanol–water partition coefficient (Wildman–Crippen LogP) is 3.72. The summed E-state index contributed by atoms with van der Waals surface area (Å²) in [5.41, 5.74) is -0.360. The number of carboxylic acids is 1. The standard InChI is InChI=1S/C16H29NO2/c1-15(2)9-6-10-16(12-11-15,14(18)19)17-13-7-4-3-5-8-13/h13,17H,3-12H2,1-2H3,(H,18,19). The van der Waals surface area contributed by atoms with Gasteiger partial charge in [0, 0.05) is 6.04 Å². The van der Waals surface area contributed by atoms with E-state index in [1.54, 1.807) is 0 Å². The summed E-state index contributed by atoms with van der Waals surface area (Å²) in [6.45, 7) is 4.54. The van der Waals surface area contributed by atoms with E-state index in [0.717, 1.165) is 44.9 Å². The van der Waals surface area contributed by atoms with E-state index in [2.05, 4.69) is 19.2 Å². The molecule has 19 heavy (non-hydrogen) atoms. The van der Waals surface area contributed by atoms with Gasteiger partial charge in [0.1, 0.15) is 5.54 Å². The highest BCUT2D eigenvalue weighted by Crippen LogP contribution is 2.39. The molecule has 0 bridgehead atoms. The molecule has 0 aromatic rings. The fraction of sp³-hybridized carbons (Fsp3) is 0.938. The van der Waals surface area contributed by atoms with Gasteiger partial charge in [0.2, 0.25) is 0 Å². The Morgan fingerprint density at radius 1 is 1.00 bits per heavy atom. The van der Waals surface area contributed by atoms with Crippen LogP contribution >= 0.6 is 0 Å². The Labute approximate surface area is 117 Å².